The first-order valence-corrected chi connectivity index (χ1v) is 10.2. The lowest BCUT2D eigenvalue weighted by Crippen LogP contribution is -2.70. The Morgan fingerprint density at radius 2 is 2.30 bits per heavy atom. The van der Waals surface area contributed by atoms with Gasteiger partial charge in [0.15, 0.2) is 0 Å². The number of hydrogen-bond acceptors (Lipinski definition) is 7. The van der Waals surface area contributed by atoms with Crippen molar-refractivity contribution in [2.24, 2.45) is 0 Å². The number of carbonyl (C=O) groups is 3. The number of carboxylic acid groups (broad SMARTS) is 1. The summed E-state index contributed by atoms with van der Waals surface area (Å²) >= 11 is 4.14. The van der Waals surface area contributed by atoms with Gasteiger partial charge in [0.1, 0.15) is 17.1 Å². The average molecular weight is 373 g/mol. The number of thioether (sulfide) groups is 3. The third kappa shape index (κ3) is 3.79. The van der Waals surface area contributed by atoms with E-state index in [1.54, 1.807) is 0 Å². The zero-order valence-corrected chi connectivity index (χ0v) is 14.7. The maximum absolute atomic E-state index is 12.3. The Morgan fingerprint density at radius 3 is 2.91 bits per heavy atom. The van der Waals surface area contributed by atoms with Crippen LogP contribution in [0.25, 0.3) is 0 Å². The molecule has 0 aliphatic carbocycles. The molecule has 0 aromatic heterocycles. The van der Waals surface area contributed by atoms with Gasteiger partial charge in [-0.1, -0.05) is 0 Å². The summed E-state index contributed by atoms with van der Waals surface area (Å²) in [4.78, 5) is 36.8. The van der Waals surface area contributed by atoms with Crippen molar-refractivity contribution in [2.45, 2.75) is 11.4 Å². The molecule has 2 amide bonds. The van der Waals surface area contributed by atoms with Crippen molar-refractivity contribution >= 4 is 53.1 Å². The summed E-state index contributed by atoms with van der Waals surface area (Å²) in [6.07, 6.45) is 1.88. The predicted octanol–water partition coefficient (Wildman–Crippen LogP) is 0.345. The summed E-state index contributed by atoms with van der Waals surface area (Å²) in [7, 11) is 0. The third-order valence-corrected chi connectivity index (χ3v) is 6.06. The van der Waals surface area contributed by atoms with Crippen LogP contribution in [-0.2, 0) is 14.4 Å². The molecule has 2 heterocycles. The highest BCUT2D eigenvalue weighted by Crippen LogP contribution is 2.40. The standard InChI is InChI=1S/C13H15N3O4S3/c1-21-4-7-5-23-12-9(15-8(17)6-22-3-2-14)11(18)16(12)10(7)13(19)20/h9,12H,3-6H2,1H3,(H,15,17)(H,19,20)/t9?,12-/m1/s1. The van der Waals surface area contributed by atoms with Crippen LogP contribution in [0, 0.1) is 11.3 Å². The summed E-state index contributed by atoms with van der Waals surface area (Å²) in [6, 6.07) is 1.23. The lowest BCUT2D eigenvalue weighted by molar-refractivity contribution is -0.150. The molecule has 10 heteroatoms. The number of aliphatic carboxylic acids is 1. The number of nitriles is 1. The first kappa shape index (κ1) is 18.0. The zero-order chi connectivity index (χ0) is 17.0. The van der Waals surface area contributed by atoms with Gasteiger partial charge in [0.2, 0.25) is 5.91 Å². The van der Waals surface area contributed by atoms with Gasteiger partial charge >= 0.3 is 5.97 Å². The maximum Gasteiger partial charge on any atom is 0.352 e. The van der Waals surface area contributed by atoms with E-state index in [1.165, 1.54) is 40.2 Å². The van der Waals surface area contributed by atoms with E-state index in [4.69, 9.17) is 5.26 Å². The molecule has 1 saturated heterocycles. The van der Waals surface area contributed by atoms with Gasteiger partial charge in [-0.3, -0.25) is 14.5 Å². The Bertz CT molecular complexity index is 602. The molecule has 0 saturated carbocycles. The lowest BCUT2D eigenvalue weighted by Gasteiger charge is -2.49. The second-order valence-corrected chi connectivity index (χ2v) is 7.75. The van der Waals surface area contributed by atoms with Crippen molar-refractivity contribution in [3.63, 3.8) is 0 Å². The number of nitrogens with zero attached hydrogens (tertiary/aromatic N) is 2. The molecule has 2 rings (SSSR count). The average Bonchev–Trinajstić information content (AvgIpc) is 2.52. The van der Waals surface area contributed by atoms with Crippen LogP contribution in [0.1, 0.15) is 0 Å². The number of nitrogens with one attached hydrogen (secondary N) is 1. The summed E-state index contributed by atoms with van der Waals surface area (Å²) < 4.78 is 0. The van der Waals surface area contributed by atoms with Crippen molar-refractivity contribution < 1.29 is 19.5 Å². The third-order valence-electron chi connectivity index (χ3n) is 3.28. The van der Waals surface area contributed by atoms with Gasteiger partial charge in [-0.2, -0.15) is 17.0 Å². The van der Waals surface area contributed by atoms with Crippen molar-refractivity contribution in [3.05, 3.63) is 11.3 Å². The summed E-state index contributed by atoms with van der Waals surface area (Å²) in [6.45, 7) is 0. The van der Waals surface area contributed by atoms with Gasteiger partial charge in [-0.05, 0) is 11.8 Å². The van der Waals surface area contributed by atoms with Crippen LogP contribution >= 0.6 is 35.3 Å². The Labute approximate surface area is 146 Å². The van der Waals surface area contributed by atoms with E-state index in [-0.39, 0.29) is 28.5 Å². The molecule has 124 valence electrons. The van der Waals surface area contributed by atoms with Crippen LogP contribution in [0.4, 0.5) is 0 Å². The molecule has 0 radical (unpaired) electrons. The van der Waals surface area contributed by atoms with Gasteiger partial charge < -0.3 is 10.4 Å². The molecule has 2 aliphatic rings. The van der Waals surface area contributed by atoms with Gasteiger partial charge in [0, 0.05) is 11.5 Å². The summed E-state index contributed by atoms with van der Waals surface area (Å²) in [5.41, 5.74) is 0.784. The van der Waals surface area contributed by atoms with Crippen molar-refractivity contribution in [3.8, 4) is 6.07 Å². The molecule has 23 heavy (non-hydrogen) atoms. The Hall–Kier alpha value is -1.31. The monoisotopic (exact) mass is 373 g/mol. The first-order chi connectivity index (χ1) is 11.0. The molecule has 0 aromatic carbocycles. The van der Waals surface area contributed by atoms with Gasteiger partial charge in [-0.15, -0.1) is 23.5 Å². The van der Waals surface area contributed by atoms with E-state index in [9.17, 15) is 19.5 Å². The van der Waals surface area contributed by atoms with Crippen molar-refractivity contribution in [2.75, 3.05) is 29.3 Å². The van der Waals surface area contributed by atoms with Gasteiger partial charge in [0.25, 0.3) is 5.91 Å². The van der Waals surface area contributed by atoms with E-state index < -0.39 is 17.9 Å². The smallest absolute Gasteiger partial charge is 0.352 e. The van der Waals surface area contributed by atoms with Crippen LogP contribution in [-0.4, -0.2) is 68.5 Å². The molecule has 1 fully saturated rings. The van der Waals surface area contributed by atoms with E-state index in [1.807, 2.05) is 12.3 Å². The Morgan fingerprint density at radius 1 is 1.57 bits per heavy atom. The predicted molar refractivity (Wildman–Crippen MR) is 91.0 cm³/mol. The van der Waals surface area contributed by atoms with Crippen LogP contribution in [0.2, 0.25) is 0 Å². The normalized spacial score (nSPS) is 23.0. The van der Waals surface area contributed by atoms with Crippen molar-refractivity contribution in [1.82, 2.24) is 10.2 Å². The fourth-order valence-electron chi connectivity index (χ4n) is 2.37. The number of rotatable bonds is 7. The fourth-order valence-corrected chi connectivity index (χ4v) is 4.90. The molecule has 0 spiro atoms. The Kier molecular flexibility index (Phi) is 6.26. The maximum atomic E-state index is 12.3. The van der Waals surface area contributed by atoms with Crippen LogP contribution in [0.15, 0.2) is 11.3 Å². The van der Waals surface area contributed by atoms with Crippen LogP contribution < -0.4 is 5.32 Å². The highest BCUT2D eigenvalue weighted by molar-refractivity contribution is 8.01. The number of hydrogen-bond donors (Lipinski definition) is 2. The van der Waals surface area contributed by atoms with Gasteiger partial charge in [0.05, 0.1) is 17.6 Å². The minimum atomic E-state index is -1.11. The number of amides is 2. The summed E-state index contributed by atoms with van der Waals surface area (Å²) in [5.74, 6) is -0.410. The molecular formula is C13H15N3O4S3. The van der Waals surface area contributed by atoms with Gasteiger partial charge in [-0.25, -0.2) is 4.79 Å². The van der Waals surface area contributed by atoms with Crippen LogP contribution in [0.5, 0.6) is 0 Å². The first-order valence-electron chi connectivity index (χ1n) is 6.64. The SMILES string of the molecule is CSCC1=C(C(=O)O)N2C(=O)C(NC(=O)CSCC#N)[C@H]2SC1. The molecule has 7 nitrogen and oxygen atoms in total. The molecule has 2 aliphatic heterocycles. The number of carbonyl (C=O) groups excluding carboxylic acids is 2. The fraction of sp³-hybridized carbons (Fsp3) is 0.538. The lowest BCUT2D eigenvalue weighted by atomic mass is 10.0. The van der Waals surface area contributed by atoms with Crippen molar-refractivity contribution in [1.29, 1.82) is 5.26 Å². The summed E-state index contributed by atoms with van der Waals surface area (Å²) in [5, 5.41) is 20.1. The van der Waals surface area contributed by atoms with E-state index in [0.29, 0.717) is 11.5 Å². The number of fused-ring (bicyclic) bond motifs is 1. The minimum absolute atomic E-state index is 0.0532. The highest BCUT2D eigenvalue weighted by Gasteiger charge is 2.53. The quantitative estimate of drug-likeness (QED) is 0.486. The highest BCUT2D eigenvalue weighted by atomic mass is 32.2. The zero-order valence-electron chi connectivity index (χ0n) is 12.3. The molecular weight excluding hydrogens is 358 g/mol. The molecule has 1 unspecified atom stereocenters. The molecule has 2 atom stereocenters. The minimum Gasteiger partial charge on any atom is -0.477 e. The number of carboxylic acids is 1. The molecule has 2 N–H and O–H groups in total. The van der Waals surface area contributed by atoms with E-state index in [0.717, 1.165) is 5.57 Å². The second-order valence-electron chi connectivity index (χ2n) is 4.80. The second kappa shape index (κ2) is 7.99. The Balaban J connectivity index is 2.04. The molecule has 0 aromatic rings. The largest absolute Gasteiger partial charge is 0.477 e. The van der Waals surface area contributed by atoms with E-state index in [2.05, 4.69) is 5.32 Å². The van der Waals surface area contributed by atoms with E-state index >= 15 is 0 Å². The molecule has 0 bridgehead atoms. The topological polar surface area (TPSA) is 110 Å². The number of β-lactam (4-membered cyclic amide) rings is 1. The van der Waals surface area contributed by atoms with Crippen LogP contribution in [0.3, 0.4) is 0 Å².